The van der Waals surface area contributed by atoms with Crippen molar-refractivity contribution in [2.75, 3.05) is 18.1 Å². The zero-order chi connectivity index (χ0) is 8.39. The van der Waals surface area contributed by atoms with Gasteiger partial charge in [-0.05, 0) is 0 Å². The molecule has 0 saturated carbocycles. The average molecular weight is 277 g/mol. The van der Waals surface area contributed by atoms with Crippen molar-refractivity contribution in [3.63, 3.8) is 0 Å². The van der Waals surface area contributed by atoms with E-state index in [9.17, 15) is 0 Å². The molecule has 0 bridgehead atoms. The monoisotopic (exact) mass is 277 g/mol. The Labute approximate surface area is 82.1 Å². The third-order valence-electron chi connectivity index (χ3n) is 1.72. The third kappa shape index (κ3) is 1.50. The molecule has 3 heteroatoms. The van der Waals surface area contributed by atoms with Gasteiger partial charge in [-0.2, -0.15) is 0 Å². The van der Waals surface area contributed by atoms with Crippen molar-refractivity contribution in [3.05, 3.63) is 21.8 Å². The predicted molar refractivity (Wildman–Crippen MR) is 42.1 cm³/mol. The third-order valence-corrected chi connectivity index (χ3v) is 3.64. The molecule has 0 aliphatic carbocycles. The molecule has 0 saturated heterocycles. The van der Waals surface area contributed by atoms with Gasteiger partial charge in [0.05, 0.1) is 0 Å². The SMILES string of the molecule is C[I-]c1ccc2c(c1)OCCO2. The second-order valence-corrected chi connectivity index (χ2v) is 4.80. The van der Waals surface area contributed by atoms with E-state index in [1.807, 2.05) is 6.07 Å². The van der Waals surface area contributed by atoms with Crippen LogP contribution in [-0.4, -0.2) is 18.1 Å². The second kappa shape index (κ2) is 3.51. The van der Waals surface area contributed by atoms with E-state index >= 15 is 0 Å². The van der Waals surface area contributed by atoms with Gasteiger partial charge in [0.1, 0.15) is 0 Å². The second-order valence-electron chi connectivity index (χ2n) is 2.48. The molecule has 0 fully saturated rings. The molecule has 0 atom stereocenters. The van der Waals surface area contributed by atoms with Gasteiger partial charge in [-0.15, -0.1) is 0 Å². The van der Waals surface area contributed by atoms with Gasteiger partial charge >= 0.3 is 82.1 Å². The first-order valence-electron chi connectivity index (χ1n) is 3.79. The van der Waals surface area contributed by atoms with Crippen LogP contribution in [0.25, 0.3) is 0 Å². The molecule has 2 rings (SSSR count). The summed E-state index contributed by atoms with van der Waals surface area (Å²) in [7, 11) is 0. The number of hydrogen-bond donors (Lipinski definition) is 0. The minimum atomic E-state index is 0.157. The molecule has 0 amide bonds. The van der Waals surface area contributed by atoms with E-state index in [1.165, 1.54) is 3.57 Å². The van der Waals surface area contributed by atoms with Crippen LogP contribution in [0.15, 0.2) is 18.2 Å². The molecule has 66 valence electrons. The Morgan fingerprint density at radius 2 is 1.92 bits per heavy atom. The minimum absolute atomic E-state index is 0.157. The Morgan fingerprint density at radius 1 is 1.17 bits per heavy atom. The average Bonchev–Trinajstić information content (AvgIpc) is 2.17. The van der Waals surface area contributed by atoms with E-state index in [-0.39, 0.29) is 21.2 Å². The Bertz CT molecular complexity index is 286. The Balaban J connectivity index is 2.36. The fraction of sp³-hybridized carbons (Fsp3) is 0.333. The van der Waals surface area contributed by atoms with Crippen molar-refractivity contribution in [2.45, 2.75) is 0 Å². The number of hydrogen-bond acceptors (Lipinski definition) is 2. The molecule has 0 radical (unpaired) electrons. The standard InChI is InChI=1S/C9H10IO2/c1-10-7-2-3-8-9(6-7)12-5-4-11-8/h2-3,6H,4-5H2,1H3/q-1. The molecular formula is C9H10IO2-. The molecule has 1 aliphatic heterocycles. The van der Waals surface area contributed by atoms with Crippen LogP contribution in [0.5, 0.6) is 11.5 Å². The fourth-order valence-corrected chi connectivity index (χ4v) is 2.27. The Hall–Kier alpha value is -0.450. The first kappa shape index (κ1) is 8.16. The number of halogens is 1. The first-order chi connectivity index (χ1) is 5.90. The fourth-order valence-electron chi connectivity index (χ4n) is 1.13. The van der Waals surface area contributed by atoms with Gasteiger partial charge < -0.3 is 0 Å². The van der Waals surface area contributed by atoms with Gasteiger partial charge in [-0.1, -0.05) is 0 Å². The maximum absolute atomic E-state index is 5.46. The summed E-state index contributed by atoms with van der Waals surface area (Å²) in [6, 6.07) is 6.23. The zero-order valence-corrected chi connectivity index (χ0v) is 9.00. The summed E-state index contributed by atoms with van der Waals surface area (Å²) in [5.41, 5.74) is 0. The van der Waals surface area contributed by atoms with Gasteiger partial charge in [-0.25, -0.2) is 0 Å². The molecule has 1 aromatic carbocycles. The van der Waals surface area contributed by atoms with E-state index in [2.05, 4.69) is 17.1 Å². The van der Waals surface area contributed by atoms with Crippen molar-refractivity contribution in [3.8, 4) is 11.5 Å². The zero-order valence-electron chi connectivity index (χ0n) is 6.84. The van der Waals surface area contributed by atoms with Crippen LogP contribution < -0.4 is 30.7 Å². The van der Waals surface area contributed by atoms with Crippen molar-refractivity contribution in [1.29, 1.82) is 0 Å². The van der Waals surface area contributed by atoms with Crippen LogP contribution in [0.1, 0.15) is 0 Å². The summed E-state index contributed by atoms with van der Waals surface area (Å²) in [5, 5.41) is 0. The van der Waals surface area contributed by atoms with Crippen LogP contribution >= 0.6 is 0 Å². The van der Waals surface area contributed by atoms with Gasteiger partial charge in [0.2, 0.25) is 0 Å². The molecule has 0 N–H and O–H groups in total. The summed E-state index contributed by atoms with van der Waals surface area (Å²) in [5.74, 6) is 1.81. The molecule has 1 heterocycles. The predicted octanol–water partition coefficient (Wildman–Crippen LogP) is -1.65. The summed E-state index contributed by atoms with van der Waals surface area (Å²) < 4.78 is 12.3. The van der Waals surface area contributed by atoms with Gasteiger partial charge in [-0.3, -0.25) is 0 Å². The van der Waals surface area contributed by atoms with E-state index in [0.29, 0.717) is 13.2 Å². The maximum atomic E-state index is 5.46. The topological polar surface area (TPSA) is 18.5 Å². The van der Waals surface area contributed by atoms with E-state index < -0.39 is 0 Å². The molecule has 12 heavy (non-hydrogen) atoms. The summed E-state index contributed by atoms with van der Waals surface area (Å²) in [6.45, 7) is 1.35. The summed E-state index contributed by atoms with van der Waals surface area (Å²) in [4.78, 5) is 2.24. The first-order valence-corrected chi connectivity index (χ1v) is 7.03. The van der Waals surface area contributed by atoms with Crippen LogP contribution in [0, 0.1) is 3.57 Å². The molecular weight excluding hydrogens is 267 g/mol. The Morgan fingerprint density at radius 3 is 2.67 bits per heavy atom. The van der Waals surface area contributed by atoms with Gasteiger partial charge in [0.15, 0.2) is 0 Å². The normalized spacial score (nSPS) is 14.8. The van der Waals surface area contributed by atoms with Crippen molar-refractivity contribution in [2.24, 2.45) is 0 Å². The van der Waals surface area contributed by atoms with Crippen LogP contribution in [0.3, 0.4) is 0 Å². The van der Waals surface area contributed by atoms with Crippen LogP contribution in [0.2, 0.25) is 0 Å². The molecule has 0 aromatic heterocycles. The van der Waals surface area contributed by atoms with E-state index in [1.54, 1.807) is 0 Å². The molecule has 1 aliphatic rings. The quantitative estimate of drug-likeness (QED) is 0.452. The molecule has 0 spiro atoms. The van der Waals surface area contributed by atoms with Crippen LogP contribution in [0.4, 0.5) is 0 Å². The molecule has 2 nitrogen and oxygen atoms in total. The molecule has 0 unspecified atom stereocenters. The van der Waals surface area contributed by atoms with E-state index in [4.69, 9.17) is 9.47 Å². The number of rotatable bonds is 1. The molecule has 1 aromatic rings. The van der Waals surface area contributed by atoms with Gasteiger partial charge in [0.25, 0.3) is 0 Å². The number of alkyl halides is 1. The van der Waals surface area contributed by atoms with Crippen molar-refractivity contribution >= 4 is 0 Å². The van der Waals surface area contributed by atoms with Crippen molar-refractivity contribution in [1.82, 2.24) is 0 Å². The number of benzene rings is 1. The summed E-state index contributed by atoms with van der Waals surface area (Å²) in [6.07, 6.45) is 0. The van der Waals surface area contributed by atoms with Crippen molar-refractivity contribution < 1.29 is 30.7 Å². The van der Waals surface area contributed by atoms with E-state index in [0.717, 1.165) is 11.5 Å². The number of ether oxygens (including phenoxy) is 2. The van der Waals surface area contributed by atoms with Crippen LogP contribution in [-0.2, 0) is 0 Å². The number of fused-ring (bicyclic) bond motifs is 1. The summed E-state index contributed by atoms with van der Waals surface area (Å²) >= 11 is 0.157. The Kier molecular flexibility index (Phi) is 2.39. The van der Waals surface area contributed by atoms with Gasteiger partial charge in [0, 0.05) is 0 Å².